The van der Waals surface area contributed by atoms with Crippen LogP contribution in [0.4, 0.5) is 0 Å². The first kappa shape index (κ1) is 13.3. The zero-order valence-electron chi connectivity index (χ0n) is 10.7. The van der Waals surface area contributed by atoms with E-state index in [1.807, 2.05) is 26.2 Å². The molecular weight excluding hydrogens is 264 g/mol. The fourth-order valence-corrected chi connectivity index (χ4v) is 3.29. The zero-order valence-corrected chi connectivity index (χ0v) is 12.3. The molecule has 1 nitrogen and oxygen atoms in total. The van der Waals surface area contributed by atoms with E-state index in [4.69, 9.17) is 11.6 Å². The molecule has 0 unspecified atom stereocenters. The van der Waals surface area contributed by atoms with Crippen LogP contribution >= 0.6 is 22.9 Å². The third-order valence-electron chi connectivity index (χ3n) is 2.80. The van der Waals surface area contributed by atoms with E-state index in [0.717, 1.165) is 11.1 Å². The van der Waals surface area contributed by atoms with Crippen molar-refractivity contribution in [2.75, 3.05) is 0 Å². The quantitative estimate of drug-likeness (QED) is 0.740. The van der Waals surface area contributed by atoms with Crippen LogP contribution in [0.15, 0.2) is 23.6 Å². The Morgan fingerprint density at radius 3 is 2.28 bits per heavy atom. The summed E-state index contributed by atoms with van der Waals surface area (Å²) >= 11 is 7.55. The summed E-state index contributed by atoms with van der Waals surface area (Å²) in [7, 11) is 0. The Labute approximate surface area is 116 Å². The summed E-state index contributed by atoms with van der Waals surface area (Å²) in [5.41, 5.74) is 4.41. The van der Waals surface area contributed by atoms with E-state index in [-0.39, 0.29) is 5.78 Å². The van der Waals surface area contributed by atoms with Gasteiger partial charge < -0.3 is 0 Å². The molecule has 94 valence electrons. The SMILES string of the molecule is Cc1cc(C)cc(CC(=O)c2scc(C)c2Cl)c1. The van der Waals surface area contributed by atoms with Crippen molar-refractivity contribution in [3.05, 3.63) is 55.7 Å². The predicted octanol–water partition coefficient (Wildman–Crippen LogP) is 4.75. The summed E-state index contributed by atoms with van der Waals surface area (Å²) in [6, 6.07) is 6.22. The first-order chi connectivity index (χ1) is 8.47. The topological polar surface area (TPSA) is 17.1 Å². The predicted molar refractivity (Wildman–Crippen MR) is 78.0 cm³/mol. The maximum absolute atomic E-state index is 12.2. The molecule has 0 atom stereocenters. The van der Waals surface area contributed by atoms with Gasteiger partial charge in [0.05, 0.1) is 9.90 Å². The van der Waals surface area contributed by atoms with E-state index in [1.165, 1.54) is 22.5 Å². The number of thiophene rings is 1. The Hall–Kier alpha value is -1.12. The van der Waals surface area contributed by atoms with Gasteiger partial charge in [-0.2, -0.15) is 0 Å². The summed E-state index contributed by atoms with van der Waals surface area (Å²) < 4.78 is 0. The second kappa shape index (κ2) is 5.25. The van der Waals surface area contributed by atoms with Gasteiger partial charge in [-0.05, 0) is 37.3 Å². The van der Waals surface area contributed by atoms with E-state index in [9.17, 15) is 4.79 Å². The molecule has 0 radical (unpaired) electrons. The van der Waals surface area contributed by atoms with Gasteiger partial charge in [0.2, 0.25) is 0 Å². The monoisotopic (exact) mass is 278 g/mol. The number of hydrogen-bond acceptors (Lipinski definition) is 2. The smallest absolute Gasteiger partial charge is 0.178 e. The lowest BCUT2D eigenvalue weighted by Crippen LogP contribution is -2.02. The van der Waals surface area contributed by atoms with Crippen LogP contribution in [0, 0.1) is 20.8 Å². The van der Waals surface area contributed by atoms with Crippen molar-refractivity contribution in [1.29, 1.82) is 0 Å². The molecule has 0 aliphatic rings. The molecule has 2 aromatic rings. The third-order valence-corrected chi connectivity index (χ3v) is 4.54. The van der Waals surface area contributed by atoms with Gasteiger partial charge in [-0.3, -0.25) is 4.79 Å². The number of carbonyl (C=O) groups excluding carboxylic acids is 1. The first-order valence-electron chi connectivity index (χ1n) is 5.81. The van der Waals surface area contributed by atoms with E-state index in [1.54, 1.807) is 0 Å². The lowest BCUT2D eigenvalue weighted by atomic mass is 10.0. The van der Waals surface area contributed by atoms with Crippen LogP contribution in [0.25, 0.3) is 0 Å². The fraction of sp³-hybridized carbons (Fsp3) is 0.267. The zero-order chi connectivity index (χ0) is 13.3. The van der Waals surface area contributed by atoms with Gasteiger partial charge in [0.1, 0.15) is 0 Å². The van der Waals surface area contributed by atoms with Crippen LogP contribution in [-0.2, 0) is 6.42 Å². The van der Waals surface area contributed by atoms with E-state index in [0.29, 0.717) is 16.3 Å². The minimum atomic E-state index is 0.100. The summed E-state index contributed by atoms with van der Waals surface area (Å²) in [6.45, 7) is 6.01. The van der Waals surface area contributed by atoms with Gasteiger partial charge in [0, 0.05) is 6.42 Å². The highest BCUT2D eigenvalue weighted by Gasteiger charge is 2.15. The minimum absolute atomic E-state index is 0.100. The highest BCUT2D eigenvalue weighted by atomic mass is 35.5. The largest absolute Gasteiger partial charge is 0.293 e. The lowest BCUT2D eigenvalue weighted by molar-refractivity contribution is 0.0997. The van der Waals surface area contributed by atoms with Crippen molar-refractivity contribution < 1.29 is 4.79 Å². The van der Waals surface area contributed by atoms with Crippen molar-refractivity contribution in [2.45, 2.75) is 27.2 Å². The number of halogens is 1. The van der Waals surface area contributed by atoms with E-state index < -0.39 is 0 Å². The number of benzene rings is 1. The Morgan fingerprint density at radius 2 is 1.78 bits per heavy atom. The minimum Gasteiger partial charge on any atom is -0.293 e. The molecule has 0 bridgehead atoms. The molecule has 3 heteroatoms. The molecule has 2 rings (SSSR count). The summed E-state index contributed by atoms with van der Waals surface area (Å²) in [5, 5.41) is 2.53. The highest BCUT2D eigenvalue weighted by molar-refractivity contribution is 7.13. The number of carbonyl (C=O) groups is 1. The molecule has 0 spiro atoms. The van der Waals surface area contributed by atoms with Gasteiger partial charge >= 0.3 is 0 Å². The number of rotatable bonds is 3. The van der Waals surface area contributed by atoms with Crippen molar-refractivity contribution >= 4 is 28.7 Å². The maximum Gasteiger partial charge on any atom is 0.178 e. The summed E-state index contributed by atoms with van der Waals surface area (Å²) in [5.74, 6) is 0.100. The number of ketones is 1. The average molecular weight is 279 g/mol. The van der Waals surface area contributed by atoms with E-state index in [2.05, 4.69) is 18.2 Å². The molecule has 0 saturated carbocycles. The molecule has 1 aromatic carbocycles. The molecule has 0 N–H and O–H groups in total. The third kappa shape index (κ3) is 2.82. The van der Waals surface area contributed by atoms with Gasteiger partial charge in [-0.15, -0.1) is 11.3 Å². The standard InChI is InChI=1S/C15H15ClOS/c1-9-4-10(2)6-12(5-9)7-13(17)15-14(16)11(3)8-18-15/h4-6,8H,7H2,1-3H3. The molecule has 0 saturated heterocycles. The van der Waals surface area contributed by atoms with Crippen molar-refractivity contribution in [1.82, 2.24) is 0 Å². The summed E-state index contributed by atoms with van der Waals surface area (Å²) in [6.07, 6.45) is 0.419. The lowest BCUT2D eigenvalue weighted by Gasteiger charge is -2.04. The second-order valence-corrected chi connectivity index (χ2v) is 5.92. The second-order valence-electron chi connectivity index (χ2n) is 4.66. The molecule has 18 heavy (non-hydrogen) atoms. The Morgan fingerprint density at radius 1 is 1.17 bits per heavy atom. The molecule has 1 aromatic heterocycles. The van der Waals surface area contributed by atoms with Gasteiger partial charge in [0.15, 0.2) is 5.78 Å². The van der Waals surface area contributed by atoms with Crippen molar-refractivity contribution in [3.63, 3.8) is 0 Å². The Bertz CT molecular complexity index is 578. The number of hydrogen-bond donors (Lipinski definition) is 0. The molecule has 1 heterocycles. The fourth-order valence-electron chi connectivity index (χ4n) is 2.05. The Kier molecular flexibility index (Phi) is 3.88. The molecular formula is C15H15ClOS. The first-order valence-corrected chi connectivity index (χ1v) is 7.07. The van der Waals surface area contributed by atoms with Crippen LogP contribution in [0.1, 0.15) is 31.9 Å². The van der Waals surface area contributed by atoms with Gasteiger partial charge in [-0.25, -0.2) is 0 Å². The molecule has 0 fully saturated rings. The maximum atomic E-state index is 12.2. The van der Waals surface area contributed by atoms with Crippen LogP contribution in [-0.4, -0.2) is 5.78 Å². The highest BCUT2D eigenvalue weighted by Crippen LogP contribution is 2.28. The molecule has 0 aliphatic carbocycles. The summed E-state index contributed by atoms with van der Waals surface area (Å²) in [4.78, 5) is 12.9. The van der Waals surface area contributed by atoms with Gasteiger partial charge in [-0.1, -0.05) is 40.9 Å². The van der Waals surface area contributed by atoms with Crippen LogP contribution in [0.5, 0.6) is 0 Å². The number of aryl methyl sites for hydroxylation is 3. The molecule has 0 aliphatic heterocycles. The van der Waals surface area contributed by atoms with Crippen LogP contribution < -0.4 is 0 Å². The number of Topliss-reactive ketones (excluding diaryl/α,β-unsaturated/α-hetero) is 1. The van der Waals surface area contributed by atoms with Gasteiger partial charge in [0.25, 0.3) is 0 Å². The average Bonchev–Trinajstić information content (AvgIpc) is 2.58. The van der Waals surface area contributed by atoms with E-state index >= 15 is 0 Å². The van der Waals surface area contributed by atoms with Crippen LogP contribution in [0.2, 0.25) is 5.02 Å². The molecule has 0 amide bonds. The van der Waals surface area contributed by atoms with Crippen LogP contribution in [0.3, 0.4) is 0 Å². The van der Waals surface area contributed by atoms with Crippen molar-refractivity contribution in [3.8, 4) is 0 Å². The normalized spacial score (nSPS) is 10.7. The Balaban J connectivity index is 2.24. The van der Waals surface area contributed by atoms with Crippen molar-refractivity contribution in [2.24, 2.45) is 0 Å².